The standard InChI is InChI=1S/C27H25ClN2O3S/c1-17-9-11-21(13-18(17)2)29-27-30(3)26(31)25(34-27)15-19-10-12-23(24(14-19)32-4)33-16-20-7-5-6-8-22(20)28/h5-15H,16H2,1-4H3/b25-15+,29-27?. The smallest absolute Gasteiger partial charge is 0.266 e. The first-order chi connectivity index (χ1) is 16.4. The number of benzene rings is 3. The molecule has 0 unspecified atom stereocenters. The van der Waals surface area contributed by atoms with E-state index in [0.717, 1.165) is 16.8 Å². The van der Waals surface area contributed by atoms with Crippen molar-refractivity contribution in [2.45, 2.75) is 20.5 Å². The van der Waals surface area contributed by atoms with Crippen LogP contribution in [-0.2, 0) is 11.4 Å². The Morgan fingerprint density at radius 1 is 1.03 bits per heavy atom. The van der Waals surface area contributed by atoms with Crippen LogP contribution in [0.3, 0.4) is 0 Å². The third-order valence-corrected chi connectivity index (χ3v) is 6.97. The second-order valence-electron chi connectivity index (χ2n) is 7.93. The van der Waals surface area contributed by atoms with Crippen LogP contribution in [0.5, 0.6) is 11.5 Å². The molecule has 0 atom stereocenters. The van der Waals surface area contributed by atoms with Gasteiger partial charge in [0.1, 0.15) is 6.61 Å². The van der Waals surface area contributed by atoms with Crippen molar-refractivity contribution >= 4 is 46.2 Å². The van der Waals surface area contributed by atoms with E-state index < -0.39 is 0 Å². The van der Waals surface area contributed by atoms with Crippen molar-refractivity contribution in [2.75, 3.05) is 14.2 Å². The highest BCUT2D eigenvalue weighted by Crippen LogP contribution is 2.35. The molecule has 0 bridgehead atoms. The van der Waals surface area contributed by atoms with Crippen molar-refractivity contribution in [1.29, 1.82) is 0 Å². The highest BCUT2D eigenvalue weighted by molar-refractivity contribution is 8.18. The Hall–Kier alpha value is -3.22. The number of aliphatic imine (C=N–C) groups is 1. The molecule has 1 fully saturated rings. The van der Waals surface area contributed by atoms with Gasteiger partial charge < -0.3 is 9.47 Å². The Kier molecular flexibility index (Phi) is 7.29. The van der Waals surface area contributed by atoms with Gasteiger partial charge in [0, 0.05) is 17.6 Å². The van der Waals surface area contributed by atoms with E-state index in [0.29, 0.717) is 33.2 Å². The van der Waals surface area contributed by atoms with E-state index in [4.69, 9.17) is 21.1 Å². The van der Waals surface area contributed by atoms with Crippen LogP contribution < -0.4 is 9.47 Å². The average Bonchev–Trinajstić information content (AvgIpc) is 3.09. The summed E-state index contributed by atoms with van der Waals surface area (Å²) in [4.78, 5) is 19.7. The zero-order valence-corrected chi connectivity index (χ0v) is 21.0. The summed E-state index contributed by atoms with van der Waals surface area (Å²) in [6, 6.07) is 19.1. The molecule has 1 aliphatic heterocycles. The van der Waals surface area contributed by atoms with Gasteiger partial charge in [-0.2, -0.15) is 0 Å². The lowest BCUT2D eigenvalue weighted by Crippen LogP contribution is -2.23. The van der Waals surface area contributed by atoms with E-state index in [1.165, 1.54) is 22.9 Å². The molecular weight excluding hydrogens is 468 g/mol. The first kappa shape index (κ1) is 23.9. The molecule has 0 N–H and O–H groups in total. The van der Waals surface area contributed by atoms with E-state index in [1.54, 1.807) is 19.1 Å². The average molecular weight is 493 g/mol. The Morgan fingerprint density at radius 2 is 1.82 bits per heavy atom. The normalized spacial score (nSPS) is 15.9. The minimum Gasteiger partial charge on any atom is -0.493 e. The molecular formula is C27H25ClN2O3S. The summed E-state index contributed by atoms with van der Waals surface area (Å²) in [6.45, 7) is 4.44. The summed E-state index contributed by atoms with van der Waals surface area (Å²) in [6.07, 6.45) is 1.84. The third kappa shape index (κ3) is 5.29. The topological polar surface area (TPSA) is 51.1 Å². The monoisotopic (exact) mass is 492 g/mol. The van der Waals surface area contributed by atoms with Crippen molar-refractivity contribution in [3.63, 3.8) is 0 Å². The predicted molar refractivity (Wildman–Crippen MR) is 140 cm³/mol. The SMILES string of the molecule is COc1cc(/C=C2/SC(=Nc3ccc(C)c(C)c3)N(C)C2=O)ccc1OCc1ccccc1Cl. The second kappa shape index (κ2) is 10.4. The highest BCUT2D eigenvalue weighted by atomic mass is 35.5. The fourth-order valence-corrected chi connectivity index (χ4v) is 4.55. The van der Waals surface area contributed by atoms with Crippen molar-refractivity contribution in [3.05, 3.63) is 92.8 Å². The first-order valence-electron chi connectivity index (χ1n) is 10.7. The highest BCUT2D eigenvalue weighted by Gasteiger charge is 2.30. The number of halogens is 1. The van der Waals surface area contributed by atoms with Crippen LogP contribution in [0, 0.1) is 13.8 Å². The van der Waals surface area contributed by atoms with Gasteiger partial charge in [-0.3, -0.25) is 9.69 Å². The third-order valence-electron chi connectivity index (χ3n) is 5.55. The van der Waals surface area contributed by atoms with Gasteiger partial charge >= 0.3 is 0 Å². The summed E-state index contributed by atoms with van der Waals surface area (Å²) in [5.74, 6) is 1.09. The molecule has 34 heavy (non-hydrogen) atoms. The number of methoxy groups -OCH3 is 1. The fraction of sp³-hybridized carbons (Fsp3) is 0.185. The molecule has 0 spiro atoms. The second-order valence-corrected chi connectivity index (χ2v) is 9.34. The summed E-state index contributed by atoms with van der Waals surface area (Å²) < 4.78 is 11.5. The van der Waals surface area contributed by atoms with E-state index in [1.807, 2.05) is 66.7 Å². The number of carbonyl (C=O) groups excluding carboxylic acids is 1. The number of amidine groups is 1. The molecule has 1 saturated heterocycles. The van der Waals surface area contributed by atoms with Gasteiger partial charge in [-0.15, -0.1) is 0 Å². The number of likely N-dealkylation sites (N-methyl/N-ethyl adjacent to an activating group) is 1. The summed E-state index contributed by atoms with van der Waals surface area (Å²) in [5, 5.41) is 1.30. The van der Waals surface area contributed by atoms with Gasteiger partial charge in [0.2, 0.25) is 0 Å². The lowest BCUT2D eigenvalue weighted by atomic mass is 10.1. The first-order valence-corrected chi connectivity index (χ1v) is 11.9. The lowest BCUT2D eigenvalue weighted by molar-refractivity contribution is -0.121. The van der Waals surface area contributed by atoms with E-state index in [-0.39, 0.29) is 5.91 Å². The van der Waals surface area contributed by atoms with Crippen LogP contribution in [0.2, 0.25) is 5.02 Å². The molecule has 4 rings (SSSR count). The maximum atomic E-state index is 12.8. The molecule has 3 aromatic carbocycles. The van der Waals surface area contributed by atoms with Gasteiger partial charge in [0.05, 0.1) is 17.7 Å². The summed E-state index contributed by atoms with van der Waals surface area (Å²) in [5.41, 5.74) is 4.93. The number of hydrogen-bond acceptors (Lipinski definition) is 5. The molecule has 0 aliphatic carbocycles. The van der Waals surface area contributed by atoms with Gasteiger partial charge in [0.25, 0.3) is 5.91 Å². The Labute approximate surface area is 209 Å². The maximum absolute atomic E-state index is 12.8. The number of ether oxygens (including phenoxy) is 2. The minimum atomic E-state index is -0.0920. The number of aryl methyl sites for hydroxylation is 2. The van der Waals surface area contributed by atoms with Crippen molar-refractivity contribution in [3.8, 4) is 11.5 Å². The van der Waals surface area contributed by atoms with Crippen LogP contribution in [0.15, 0.2) is 70.6 Å². The Bertz CT molecular complexity index is 1300. The van der Waals surface area contributed by atoms with Gasteiger partial charge in [-0.05, 0) is 78.7 Å². The maximum Gasteiger partial charge on any atom is 0.266 e. The molecule has 174 valence electrons. The number of amides is 1. The van der Waals surface area contributed by atoms with Crippen LogP contribution in [0.25, 0.3) is 6.08 Å². The van der Waals surface area contributed by atoms with E-state index in [2.05, 4.69) is 18.8 Å². The Morgan fingerprint density at radius 3 is 2.56 bits per heavy atom. The number of hydrogen-bond donors (Lipinski definition) is 0. The van der Waals surface area contributed by atoms with Crippen molar-refractivity contribution < 1.29 is 14.3 Å². The van der Waals surface area contributed by atoms with Crippen LogP contribution in [0.1, 0.15) is 22.3 Å². The van der Waals surface area contributed by atoms with Crippen molar-refractivity contribution in [1.82, 2.24) is 4.90 Å². The largest absolute Gasteiger partial charge is 0.493 e. The lowest BCUT2D eigenvalue weighted by Gasteiger charge is -2.12. The minimum absolute atomic E-state index is 0.0920. The van der Waals surface area contributed by atoms with E-state index >= 15 is 0 Å². The summed E-state index contributed by atoms with van der Waals surface area (Å²) >= 11 is 7.57. The molecule has 0 aromatic heterocycles. The molecule has 1 amide bonds. The quantitative estimate of drug-likeness (QED) is 0.356. The van der Waals surface area contributed by atoms with Crippen LogP contribution in [0.4, 0.5) is 5.69 Å². The zero-order chi connectivity index (χ0) is 24.2. The van der Waals surface area contributed by atoms with Gasteiger partial charge in [0.15, 0.2) is 16.7 Å². The molecule has 1 heterocycles. The molecule has 3 aromatic rings. The van der Waals surface area contributed by atoms with Crippen molar-refractivity contribution in [2.24, 2.45) is 4.99 Å². The van der Waals surface area contributed by atoms with Crippen LogP contribution >= 0.6 is 23.4 Å². The van der Waals surface area contributed by atoms with Gasteiger partial charge in [-0.25, -0.2) is 4.99 Å². The zero-order valence-electron chi connectivity index (χ0n) is 19.5. The predicted octanol–water partition coefficient (Wildman–Crippen LogP) is 6.78. The molecule has 0 radical (unpaired) electrons. The van der Waals surface area contributed by atoms with E-state index in [9.17, 15) is 4.79 Å². The van der Waals surface area contributed by atoms with Crippen LogP contribution in [-0.4, -0.2) is 30.1 Å². The molecule has 7 heteroatoms. The number of thioether (sulfide) groups is 1. The number of nitrogens with zero attached hydrogens (tertiary/aromatic N) is 2. The number of carbonyl (C=O) groups is 1. The summed E-state index contributed by atoms with van der Waals surface area (Å²) in [7, 11) is 3.33. The number of rotatable bonds is 6. The van der Waals surface area contributed by atoms with Gasteiger partial charge in [-0.1, -0.05) is 41.9 Å². The molecule has 0 saturated carbocycles. The molecule has 5 nitrogen and oxygen atoms in total. The fourth-order valence-electron chi connectivity index (χ4n) is 3.37. The Balaban J connectivity index is 1.53. The molecule has 1 aliphatic rings.